The van der Waals surface area contributed by atoms with Crippen molar-refractivity contribution in [2.45, 2.75) is 51.4 Å². The zero-order valence-electron chi connectivity index (χ0n) is 7.31. The van der Waals surface area contributed by atoms with E-state index < -0.39 is 0 Å². The summed E-state index contributed by atoms with van der Waals surface area (Å²) in [6.07, 6.45) is 14.2. The van der Waals surface area contributed by atoms with E-state index >= 15 is 0 Å². The Morgan fingerprint density at radius 1 is 1.09 bits per heavy atom. The van der Waals surface area contributed by atoms with Gasteiger partial charge >= 0.3 is 0 Å². The summed E-state index contributed by atoms with van der Waals surface area (Å²) in [6.45, 7) is 0. The van der Waals surface area contributed by atoms with Gasteiger partial charge in [-0.15, -0.1) is 0 Å². The van der Waals surface area contributed by atoms with E-state index in [2.05, 4.69) is 6.08 Å². The van der Waals surface area contributed by atoms with E-state index in [9.17, 15) is 0 Å². The largest absolute Gasteiger partial charge is 0.0853 e. The van der Waals surface area contributed by atoms with Crippen molar-refractivity contribution in [2.75, 3.05) is 0 Å². The third kappa shape index (κ3) is 1.85. The third-order valence-electron chi connectivity index (χ3n) is 3.16. The molecular weight excluding hydrogens is 132 g/mol. The Bertz CT molecular complexity index is 155. The smallest absolute Gasteiger partial charge is 0.0292 e. The summed E-state index contributed by atoms with van der Waals surface area (Å²) in [4.78, 5) is 0. The quantitative estimate of drug-likeness (QED) is 0.462. The van der Waals surface area contributed by atoms with Crippen LogP contribution in [0.4, 0.5) is 0 Å². The van der Waals surface area contributed by atoms with Crippen molar-refractivity contribution in [2.24, 2.45) is 5.92 Å². The Morgan fingerprint density at radius 2 is 2.00 bits per heavy atom. The summed E-state index contributed by atoms with van der Waals surface area (Å²) >= 11 is 0. The van der Waals surface area contributed by atoms with Crippen molar-refractivity contribution in [3.05, 3.63) is 11.6 Å². The lowest BCUT2D eigenvalue weighted by Gasteiger charge is -2.25. The van der Waals surface area contributed by atoms with Crippen LogP contribution in [0.25, 0.3) is 0 Å². The number of rotatable bonds is 0. The fourth-order valence-electron chi connectivity index (χ4n) is 2.51. The predicted octanol–water partition coefficient (Wildman–Crippen LogP) is 3.68. The Kier molecular flexibility index (Phi) is 2.30. The summed E-state index contributed by atoms with van der Waals surface area (Å²) in [5, 5.41) is 0. The van der Waals surface area contributed by atoms with Crippen LogP contribution in [-0.2, 0) is 0 Å². The van der Waals surface area contributed by atoms with Gasteiger partial charge in [0, 0.05) is 0 Å². The minimum absolute atomic E-state index is 1.07. The van der Waals surface area contributed by atoms with Crippen LogP contribution in [0.1, 0.15) is 51.4 Å². The first-order valence-electron chi connectivity index (χ1n) is 5.13. The van der Waals surface area contributed by atoms with Crippen molar-refractivity contribution >= 4 is 0 Å². The fourth-order valence-corrected chi connectivity index (χ4v) is 2.51. The molecule has 2 rings (SSSR count). The lowest BCUT2D eigenvalue weighted by molar-refractivity contribution is 0.371. The van der Waals surface area contributed by atoms with Crippen LogP contribution in [0.3, 0.4) is 0 Å². The first-order chi connectivity index (χ1) is 5.45. The van der Waals surface area contributed by atoms with E-state index in [1.54, 1.807) is 5.57 Å². The summed E-state index contributed by atoms with van der Waals surface area (Å²) in [5.74, 6) is 1.07. The standard InChI is InChI=1S/C11H18/c1-2-5-10-7-4-8-11(9-10)6-3-1/h5,11H,1-4,6-9H2/b10-5-. The fraction of sp³-hybridized carbons (Fsp3) is 0.818. The van der Waals surface area contributed by atoms with Crippen LogP contribution in [0.5, 0.6) is 0 Å². The first-order valence-corrected chi connectivity index (χ1v) is 5.13. The minimum atomic E-state index is 1.07. The molecule has 0 aliphatic heterocycles. The van der Waals surface area contributed by atoms with E-state index in [4.69, 9.17) is 0 Å². The molecule has 1 unspecified atom stereocenters. The van der Waals surface area contributed by atoms with Crippen molar-refractivity contribution in [3.63, 3.8) is 0 Å². The number of fused-ring (bicyclic) bond motifs is 2. The third-order valence-corrected chi connectivity index (χ3v) is 3.16. The van der Waals surface area contributed by atoms with Gasteiger partial charge < -0.3 is 0 Å². The molecule has 0 heteroatoms. The second-order valence-electron chi connectivity index (χ2n) is 4.11. The van der Waals surface area contributed by atoms with Gasteiger partial charge in [0.25, 0.3) is 0 Å². The van der Waals surface area contributed by atoms with E-state index in [1.807, 2.05) is 0 Å². The maximum absolute atomic E-state index is 2.52. The number of hydrogen-bond acceptors (Lipinski definition) is 0. The van der Waals surface area contributed by atoms with Crippen molar-refractivity contribution in [3.8, 4) is 0 Å². The van der Waals surface area contributed by atoms with E-state index in [0.717, 1.165) is 5.92 Å². The summed E-state index contributed by atoms with van der Waals surface area (Å²) in [5.41, 5.74) is 1.78. The molecule has 2 aliphatic carbocycles. The molecule has 11 heavy (non-hydrogen) atoms. The van der Waals surface area contributed by atoms with Crippen LogP contribution in [0.15, 0.2) is 11.6 Å². The number of allylic oxidation sites excluding steroid dienone is 2. The minimum Gasteiger partial charge on any atom is -0.0853 e. The molecule has 0 heterocycles. The monoisotopic (exact) mass is 150 g/mol. The van der Waals surface area contributed by atoms with Crippen molar-refractivity contribution in [1.82, 2.24) is 0 Å². The van der Waals surface area contributed by atoms with Gasteiger partial charge in [-0.25, -0.2) is 0 Å². The Hall–Kier alpha value is -0.260. The van der Waals surface area contributed by atoms with E-state index in [-0.39, 0.29) is 0 Å². The van der Waals surface area contributed by atoms with Gasteiger partial charge in [-0.05, 0) is 44.4 Å². The molecule has 0 aromatic carbocycles. The van der Waals surface area contributed by atoms with Crippen molar-refractivity contribution in [1.29, 1.82) is 0 Å². The second kappa shape index (κ2) is 3.42. The molecule has 0 aromatic heterocycles. The molecule has 0 saturated heterocycles. The van der Waals surface area contributed by atoms with E-state index in [0.29, 0.717) is 0 Å². The van der Waals surface area contributed by atoms with Gasteiger partial charge in [-0.1, -0.05) is 24.5 Å². The zero-order valence-corrected chi connectivity index (χ0v) is 7.31. The highest BCUT2D eigenvalue weighted by atomic mass is 14.2. The average molecular weight is 150 g/mol. The van der Waals surface area contributed by atoms with Crippen LogP contribution in [0, 0.1) is 5.92 Å². The van der Waals surface area contributed by atoms with Gasteiger partial charge in [0.15, 0.2) is 0 Å². The molecule has 1 saturated carbocycles. The van der Waals surface area contributed by atoms with Crippen LogP contribution >= 0.6 is 0 Å². The molecule has 0 radical (unpaired) electrons. The highest BCUT2D eigenvalue weighted by Gasteiger charge is 2.17. The maximum Gasteiger partial charge on any atom is -0.0292 e. The lowest BCUT2D eigenvalue weighted by atomic mass is 9.80. The van der Waals surface area contributed by atoms with Gasteiger partial charge in [-0.2, -0.15) is 0 Å². The molecule has 62 valence electrons. The SMILES string of the molecule is C1=C2/CCCC(CCCC/1)C2. The molecule has 0 N–H and O–H groups in total. The van der Waals surface area contributed by atoms with Gasteiger partial charge in [0.05, 0.1) is 0 Å². The molecule has 1 atom stereocenters. The molecule has 2 aliphatic rings. The topological polar surface area (TPSA) is 0 Å². The second-order valence-corrected chi connectivity index (χ2v) is 4.11. The van der Waals surface area contributed by atoms with Crippen LogP contribution in [-0.4, -0.2) is 0 Å². The Balaban J connectivity index is 2.04. The summed E-state index contributed by atoms with van der Waals surface area (Å²) in [7, 11) is 0. The number of hydrogen-bond donors (Lipinski definition) is 0. The highest BCUT2D eigenvalue weighted by Crippen LogP contribution is 2.33. The molecule has 2 bridgehead atoms. The molecular formula is C11H18. The zero-order chi connectivity index (χ0) is 7.52. The Morgan fingerprint density at radius 3 is 3.00 bits per heavy atom. The normalized spacial score (nSPS) is 36.7. The summed E-state index contributed by atoms with van der Waals surface area (Å²) in [6, 6.07) is 0. The highest BCUT2D eigenvalue weighted by molar-refractivity contribution is 5.06. The van der Waals surface area contributed by atoms with Gasteiger partial charge in [0.1, 0.15) is 0 Å². The van der Waals surface area contributed by atoms with Crippen LogP contribution < -0.4 is 0 Å². The average Bonchev–Trinajstić information content (AvgIpc) is 2.02. The van der Waals surface area contributed by atoms with Gasteiger partial charge in [-0.3, -0.25) is 0 Å². The molecule has 0 nitrogen and oxygen atoms in total. The predicted molar refractivity (Wildman–Crippen MR) is 48.5 cm³/mol. The first kappa shape index (κ1) is 7.39. The molecule has 0 amide bonds. The van der Waals surface area contributed by atoms with Crippen LogP contribution in [0.2, 0.25) is 0 Å². The molecule has 0 spiro atoms. The molecule has 0 aromatic rings. The Labute approximate surface area is 69.7 Å². The lowest BCUT2D eigenvalue weighted by Crippen LogP contribution is -2.09. The molecule has 1 fully saturated rings. The summed E-state index contributed by atoms with van der Waals surface area (Å²) < 4.78 is 0. The van der Waals surface area contributed by atoms with Crippen molar-refractivity contribution < 1.29 is 0 Å². The van der Waals surface area contributed by atoms with E-state index in [1.165, 1.54) is 51.4 Å². The maximum atomic E-state index is 2.52. The van der Waals surface area contributed by atoms with Gasteiger partial charge in [0.2, 0.25) is 0 Å².